The van der Waals surface area contributed by atoms with Crippen LogP contribution in [0.5, 0.6) is 0 Å². The molecule has 11 aromatic carbocycles. The van der Waals surface area contributed by atoms with E-state index in [1.807, 2.05) is 152 Å². The topological polar surface area (TPSA) is 16.4 Å². The number of anilines is 3. The van der Waals surface area contributed by atoms with Crippen molar-refractivity contribution in [2.24, 2.45) is 0 Å². The molecule has 0 aliphatic carbocycles. The van der Waals surface area contributed by atoms with E-state index in [1.54, 1.807) is 18.2 Å². The first kappa shape index (κ1) is 28.3. The van der Waals surface area contributed by atoms with Crippen LogP contribution in [0.25, 0.3) is 98.8 Å². The lowest BCUT2D eigenvalue weighted by Gasteiger charge is -2.26. The summed E-state index contributed by atoms with van der Waals surface area (Å²) in [4.78, 5) is 1.36. The van der Waals surface area contributed by atoms with Gasteiger partial charge in [0.15, 0.2) is 0 Å². The van der Waals surface area contributed by atoms with Gasteiger partial charge in [0.05, 0.1) is 11.0 Å². The molecule has 0 atom stereocenters. The van der Waals surface area contributed by atoms with Gasteiger partial charge in [0.25, 0.3) is 0 Å². The lowest BCUT2D eigenvalue weighted by molar-refractivity contribution is 0.673. The summed E-state index contributed by atoms with van der Waals surface area (Å²) in [6.07, 6.45) is 0. The van der Waals surface area contributed by atoms with Crippen LogP contribution in [0.3, 0.4) is 0 Å². The minimum Gasteiger partial charge on any atom is -0.455 e. The van der Waals surface area contributed by atoms with E-state index in [1.165, 1.54) is 4.90 Å². The van der Waals surface area contributed by atoms with Crippen LogP contribution in [-0.2, 0) is 0 Å². The van der Waals surface area contributed by atoms with E-state index in [0.717, 1.165) is 76.5 Å². The van der Waals surface area contributed by atoms with Crippen LogP contribution in [0.4, 0.5) is 17.1 Å². The third kappa shape index (κ3) is 6.12. The second kappa shape index (κ2) is 14.8. The maximum Gasteiger partial charge on any atom is 0.143 e. The number of hydrogen-bond donors (Lipinski definition) is 0. The van der Waals surface area contributed by atoms with Crippen LogP contribution < -0.4 is 4.90 Å². The maximum absolute atomic E-state index is 9.78. The van der Waals surface area contributed by atoms with Crippen LogP contribution in [0.15, 0.2) is 241 Å². The predicted octanol–water partition coefficient (Wildman–Crippen LogP) is 17.2. The normalized spacial score (nSPS) is 13.4. The van der Waals surface area contributed by atoms with Gasteiger partial charge >= 0.3 is 0 Å². The standard InChI is InChI=1S/C60H39NO/c1-2-12-40(13-3-1)45-16-10-17-46(38-45)41-24-31-48(32-25-41)61(50-35-28-44(29-36-50)57-39-47-15-5-6-18-51(47)54-20-8-9-21-55(54)57)49-33-26-43(27-34-49)52-22-11-23-58-59(52)56-37-30-42-14-4-7-19-53(42)60(56)62-58/h1-39H/i24D,25D,28D,29D,31D,32D,35D,36D. The molecule has 0 spiro atoms. The zero-order chi connectivity index (χ0) is 47.9. The predicted molar refractivity (Wildman–Crippen MR) is 263 cm³/mol. The average molecular weight is 798 g/mol. The van der Waals surface area contributed by atoms with Crippen LogP contribution >= 0.6 is 0 Å². The quantitative estimate of drug-likeness (QED) is 0.149. The molecule has 0 aliphatic heterocycles. The van der Waals surface area contributed by atoms with E-state index < -0.39 is 24.2 Å². The summed E-state index contributed by atoms with van der Waals surface area (Å²) >= 11 is 0. The van der Waals surface area contributed by atoms with Gasteiger partial charge < -0.3 is 9.32 Å². The minimum absolute atomic E-state index is 0.0955. The van der Waals surface area contributed by atoms with Gasteiger partial charge in [-0.3, -0.25) is 0 Å². The zero-order valence-corrected chi connectivity index (χ0v) is 33.3. The minimum atomic E-state index is -0.409. The molecule has 0 amide bonds. The second-order valence-electron chi connectivity index (χ2n) is 15.4. The maximum atomic E-state index is 9.78. The average Bonchev–Trinajstić information content (AvgIpc) is 3.80. The molecule has 290 valence electrons. The van der Waals surface area contributed by atoms with Gasteiger partial charge in [0, 0.05) is 33.2 Å². The van der Waals surface area contributed by atoms with Gasteiger partial charge in [0.2, 0.25) is 0 Å². The molecule has 1 heterocycles. The molecule has 0 unspecified atom stereocenters. The SMILES string of the molecule is [2H]c1c([2H])c(N(c2ccc(-c3cccc4oc5c6ccccc6ccc5c34)cc2)c2c([2H])c([2H])c(-c3cc4ccccc4c4ccccc34)c([2H])c2[2H])c([2H])c([2H])c1-c1cccc(-c2ccccc2)c1. The summed E-state index contributed by atoms with van der Waals surface area (Å²) < 4.78 is 83.8. The molecule has 1 aromatic heterocycles. The molecular weight excluding hydrogens is 751 g/mol. The summed E-state index contributed by atoms with van der Waals surface area (Å²) in [5, 5.41) is 7.49. The van der Waals surface area contributed by atoms with Crippen LogP contribution in [0.2, 0.25) is 0 Å². The van der Waals surface area contributed by atoms with E-state index in [4.69, 9.17) is 4.42 Å². The van der Waals surface area contributed by atoms with Gasteiger partial charge in [-0.2, -0.15) is 0 Å². The van der Waals surface area contributed by atoms with E-state index >= 15 is 0 Å². The first-order valence-corrected chi connectivity index (χ1v) is 20.6. The van der Waals surface area contributed by atoms with E-state index in [-0.39, 0.29) is 46.7 Å². The Balaban J connectivity index is 1.07. The zero-order valence-electron chi connectivity index (χ0n) is 41.3. The Morgan fingerprint density at radius 2 is 0.919 bits per heavy atom. The van der Waals surface area contributed by atoms with Crippen LogP contribution in [0, 0.1) is 0 Å². The Bertz CT molecular complexity index is 4050. The van der Waals surface area contributed by atoms with Gasteiger partial charge in [-0.15, -0.1) is 0 Å². The molecule has 0 saturated carbocycles. The Morgan fingerprint density at radius 3 is 1.68 bits per heavy atom. The Labute approximate surface area is 371 Å². The third-order valence-corrected chi connectivity index (χ3v) is 11.8. The van der Waals surface area contributed by atoms with Crippen molar-refractivity contribution in [2.75, 3.05) is 4.90 Å². The highest BCUT2D eigenvalue weighted by molar-refractivity contribution is 6.19. The first-order chi connectivity index (χ1) is 34.1. The molecule has 0 aliphatic rings. The fourth-order valence-corrected chi connectivity index (χ4v) is 8.81. The van der Waals surface area contributed by atoms with Gasteiger partial charge in [-0.25, -0.2) is 0 Å². The molecule has 0 saturated heterocycles. The van der Waals surface area contributed by atoms with Crippen molar-refractivity contribution in [1.82, 2.24) is 0 Å². The lowest BCUT2D eigenvalue weighted by Crippen LogP contribution is -2.09. The largest absolute Gasteiger partial charge is 0.455 e. The fraction of sp³-hybridized carbons (Fsp3) is 0. The fourth-order valence-electron chi connectivity index (χ4n) is 8.81. The van der Waals surface area contributed by atoms with Crippen LogP contribution in [0.1, 0.15) is 11.0 Å². The highest BCUT2D eigenvalue weighted by Gasteiger charge is 2.18. The third-order valence-electron chi connectivity index (χ3n) is 11.8. The lowest BCUT2D eigenvalue weighted by atomic mass is 9.93. The summed E-state index contributed by atoms with van der Waals surface area (Å²) in [6.45, 7) is 0. The monoisotopic (exact) mass is 797 g/mol. The molecule has 0 bridgehead atoms. The first-order valence-electron chi connectivity index (χ1n) is 24.6. The number of fused-ring (bicyclic) bond motifs is 8. The molecular formula is C60H39NO. The van der Waals surface area contributed by atoms with Crippen molar-refractivity contribution in [3.8, 4) is 44.5 Å². The van der Waals surface area contributed by atoms with Gasteiger partial charge in [-0.05, 0) is 132 Å². The Kier molecular flexibility index (Phi) is 6.76. The molecule has 12 rings (SSSR count). The highest BCUT2D eigenvalue weighted by atomic mass is 16.3. The molecule has 12 aromatic rings. The molecule has 2 nitrogen and oxygen atoms in total. The van der Waals surface area contributed by atoms with Crippen molar-refractivity contribution in [3.63, 3.8) is 0 Å². The summed E-state index contributed by atoms with van der Waals surface area (Å²) in [6, 6.07) is 57.1. The molecule has 2 heteroatoms. The van der Waals surface area contributed by atoms with E-state index in [9.17, 15) is 11.0 Å². The molecule has 0 fully saturated rings. The number of nitrogens with zero attached hydrogens (tertiary/aromatic N) is 1. The van der Waals surface area contributed by atoms with Crippen molar-refractivity contribution >= 4 is 71.3 Å². The van der Waals surface area contributed by atoms with Crippen LogP contribution in [-0.4, -0.2) is 0 Å². The van der Waals surface area contributed by atoms with Crippen molar-refractivity contribution in [1.29, 1.82) is 0 Å². The summed E-state index contributed by atoms with van der Waals surface area (Å²) in [7, 11) is 0. The number of rotatable bonds is 7. The smallest absolute Gasteiger partial charge is 0.143 e. The second-order valence-corrected chi connectivity index (χ2v) is 15.4. The van der Waals surface area contributed by atoms with Crippen molar-refractivity contribution < 1.29 is 15.4 Å². The number of furan rings is 1. The van der Waals surface area contributed by atoms with Crippen molar-refractivity contribution in [3.05, 3.63) is 236 Å². The van der Waals surface area contributed by atoms with Crippen molar-refractivity contribution in [2.45, 2.75) is 0 Å². The number of hydrogen-bond acceptors (Lipinski definition) is 2. The summed E-state index contributed by atoms with van der Waals surface area (Å²) in [5.74, 6) is 0. The molecule has 0 radical (unpaired) electrons. The number of benzene rings is 11. The van der Waals surface area contributed by atoms with Gasteiger partial charge in [-0.1, -0.05) is 176 Å². The Morgan fingerprint density at radius 1 is 0.323 bits per heavy atom. The Hall–Kier alpha value is -8.20. The van der Waals surface area contributed by atoms with Gasteiger partial charge in [0.1, 0.15) is 11.2 Å². The summed E-state index contributed by atoms with van der Waals surface area (Å²) in [5.41, 5.74) is 6.09. The van der Waals surface area contributed by atoms with E-state index in [2.05, 4.69) is 18.2 Å². The molecule has 62 heavy (non-hydrogen) atoms. The highest BCUT2D eigenvalue weighted by Crippen LogP contribution is 2.43. The van der Waals surface area contributed by atoms with E-state index in [0.29, 0.717) is 16.8 Å². The molecule has 0 N–H and O–H groups in total.